The summed E-state index contributed by atoms with van der Waals surface area (Å²) in [5.41, 5.74) is 0. The molecule has 128 valence electrons. The molecular formula is C17H23N5O2. The van der Waals surface area contributed by atoms with E-state index in [1.54, 1.807) is 12.4 Å². The van der Waals surface area contributed by atoms with Crippen LogP contribution in [0.25, 0.3) is 0 Å². The second-order valence-corrected chi connectivity index (χ2v) is 6.82. The van der Waals surface area contributed by atoms with Crippen molar-refractivity contribution in [1.82, 2.24) is 20.2 Å². The molecule has 2 saturated carbocycles. The summed E-state index contributed by atoms with van der Waals surface area (Å²) in [7, 11) is 0. The molecule has 0 unspecified atom stereocenters. The van der Waals surface area contributed by atoms with Gasteiger partial charge >= 0.3 is 0 Å². The molecule has 7 nitrogen and oxygen atoms in total. The smallest absolute Gasteiger partial charge is 0.257 e. The molecule has 24 heavy (non-hydrogen) atoms. The summed E-state index contributed by atoms with van der Waals surface area (Å²) < 4.78 is 11.4. The Morgan fingerprint density at radius 1 is 1.17 bits per heavy atom. The van der Waals surface area contributed by atoms with Crippen LogP contribution in [-0.2, 0) is 6.42 Å². The number of nitrogens with one attached hydrogen (secondary N) is 1. The molecule has 7 heteroatoms. The molecule has 4 rings (SSSR count). The van der Waals surface area contributed by atoms with Crippen molar-refractivity contribution in [2.75, 3.05) is 5.32 Å². The number of rotatable bonds is 6. The van der Waals surface area contributed by atoms with E-state index in [1.807, 2.05) is 6.92 Å². The van der Waals surface area contributed by atoms with Crippen molar-refractivity contribution >= 4 is 5.82 Å². The number of aryl methyl sites for hydroxylation is 1. The molecule has 0 spiro atoms. The Kier molecular flexibility index (Phi) is 4.32. The van der Waals surface area contributed by atoms with Gasteiger partial charge in [-0.05, 0) is 44.4 Å². The largest absolute Gasteiger partial charge is 0.472 e. The normalized spacial score (nSPS) is 23.9. The number of anilines is 1. The third-order valence-electron chi connectivity index (χ3n) is 4.91. The average molecular weight is 329 g/mol. The highest BCUT2D eigenvalue weighted by molar-refractivity contribution is 5.45. The summed E-state index contributed by atoms with van der Waals surface area (Å²) in [5, 5.41) is 11.5. The van der Waals surface area contributed by atoms with Gasteiger partial charge in [-0.15, -0.1) is 10.2 Å². The van der Waals surface area contributed by atoms with Crippen molar-refractivity contribution in [1.29, 1.82) is 0 Å². The first kappa shape index (κ1) is 15.4. The minimum atomic E-state index is 0.305. The topological polar surface area (TPSA) is 86.0 Å². The van der Waals surface area contributed by atoms with Gasteiger partial charge in [-0.1, -0.05) is 0 Å². The Morgan fingerprint density at radius 3 is 2.79 bits per heavy atom. The Labute approximate surface area is 141 Å². The molecule has 2 atom stereocenters. The van der Waals surface area contributed by atoms with Crippen LogP contribution >= 0.6 is 0 Å². The first-order chi connectivity index (χ1) is 11.8. The molecule has 2 aromatic heterocycles. The molecule has 0 aliphatic heterocycles. The summed E-state index contributed by atoms with van der Waals surface area (Å²) in [5.74, 6) is 3.35. The van der Waals surface area contributed by atoms with Crippen LogP contribution < -0.4 is 10.1 Å². The highest BCUT2D eigenvalue weighted by atomic mass is 16.5. The van der Waals surface area contributed by atoms with Gasteiger partial charge in [-0.2, -0.15) is 0 Å². The fourth-order valence-corrected chi connectivity index (χ4v) is 3.41. The zero-order valence-electron chi connectivity index (χ0n) is 13.9. The maximum Gasteiger partial charge on any atom is 0.257 e. The van der Waals surface area contributed by atoms with Crippen LogP contribution in [0.4, 0.5) is 5.82 Å². The van der Waals surface area contributed by atoms with Gasteiger partial charge < -0.3 is 14.5 Å². The van der Waals surface area contributed by atoms with Crippen LogP contribution in [0.15, 0.2) is 16.8 Å². The summed E-state index contributed by atoms with van der Waals surface area (Å²) in [4.78, 5) is 8.78. The van der Waals surface area contributed by atoms with E-state index in [1.165, 1.54) is 6.42 Å². The molecule has 2 aliphatic carbocycles. The zero-order valence-corrected chi connectivity index (χ0v) is 13.9. The van der Waals surface area contributed by atoms with Crippen LogP contribution in [-0.4, -0.2) is 32.3 Å². The van der Waals surface area contributed by atoms with Crippen molar-refractivity contribution in [2.45, 2.75) is 64.0 Å². The molecule has 1 N–H and O–H groups in total. The van der Waals surface area contributed by atoms with Gasteiger partial charge in [0, 0.05) is 31.8 Å². The number of ether oxygens (including phenoxy) is 1. The van der Waals surface area contributed by atoms with E-state index in [4.69, 9.17) is 9.15 Å². The van der Waals surface area contributed by atoms with Gasteiger partial charge in [-0.3, -0.25) is 0 Å². The second kappa shape index (κ2) is 6.75. The van der Waals surface area contributed by atoms with E-state index < -0.39 is 0 Å². The maximum absolute atomic E-state index is 5.95. The van der Waals surface area contributed by atoms with Crippen molar-refractivity contribution < 1.29 is 9.15 Å². The van der Waals surface area contributed by atoms with Crippen molar-refractivity contribution in [3.8, 4) is 5.88 Å². The van der Waals surface area contributed by atoms with E-state index in [0.29, 0.717) is 29.8 Å². The van der Waals surface area contributed by atoms with Crippen LogP contribution in [0, 0.1) is 12.8 Å². The van der Waals surface area contributed by atoms with Crippen LogP contribution in [0.5, 0.6) is 5.88 Å². The molecule has 0 aromatic carbocycles. The SMILES string of the molecule is Cc1nnc(C[C@@H]2CC[C@H](Nc3nccnc3OC3CCC3)C2)o1. The number of hydrogen-bond donors (Lipinski definition) is 1. The monoisotopic (exact) mass is 329 g/mol. The minimum absolute atomic E-state index is 0.305. The van der Waals surface area contributed by atoms with Crippen molar-refractivity contribution in [2.24, 2.45) is 5.92 Å². The third kappa shape index (κ3) is 3.49. The Hall–Kier alpha value is -2.18. The molecule has 0 amide bonds. The molecule has 0 radical (unpaired) electrons. The zero-order chi connectivity index (χ0) is 16.4. The summed E-state index contributed by atoms with van der Waals surface area (Å²) in [6.45, 7) is 1.83. The highest BCUT2D eigenvalue weighted by Crippen LogP contribution is 2.33. The number of aromatic nitrogens is 4. The maximum atomic E-state index is 5.95. The summed E-state index contributed by atoms with van der Waals surface area (Å²) in [6.07, 6.45) is 11.4. The molecule has 0 saturated heterocycles. The summed E-state index contributed by atoms with van der Waals surface area (Å²) in [6, 6.07) is 0.388. The minimum Gasteiger partial charge on any atom is -0.472 e. The Balaban J connectivity index is 1.34. The lowest BCUT2D eigenvalue weighted by Gasteiger charge is -2.26. The average Bonchev–Trinajstić information content (AvgIpc) is 3.14. The lowest BCUT2D eigenvalue weighted by Crippen LogP contribution is -2.26. The molecule has 2 aromatic rings. The van der Waals surface area contributed by atoms with E-state index in [-0.39, 0.29) is 0 Å². The highest BCUT2D eigenvalue weighted by Gasteiger charge is 2.28. The van der Waals surface area contributed by atoms with Gasteiger partial charge in [0.05, 0.1) is 0 Å². The summed E-state index contributed by atoms with van der Waals surface area (Å²) >= 11 is 0. The lowest BCUT2D eigenvalue weighted by molar-refractivity contribution is 0.115. The quantitative estimate of drug-likeness (QED) is 0.872. The number of hydrogen-bond acceptors (Lipinski definition) is 7. The van der Waals surface area contributed by atoms with E-state index in [2.05, 4.69) is 25.5 Å². The first-order valence-electron chi connectivity index (χ1n) is 8.79. The first-order valence-corrected chi connectivity index (χ1v) is 8.79. The van der Waals surface area contributed by atoms with Crippen LogP contribution in [0.1, 0.15) is 50.3 Å². The Bertz CT molecular complexity index is 685. The van der Waals surface area contributed by atoms with Gasteiger partial charge in [0.25, 0.3) is 5.88 Å². The fraction of sp³-hybridized carbons (Fsp3) is 0.647. The van der Waals surface area contributed by atoms with Gasteiger partial charge in [0.15, 0.2) is 5.82 Å². The van der Waals surface area contributed by atoms with Crippen LogP contribution in [0.2, 0.25) is 0 Å². The predicted octanol–water partition coefficient (Wildman–Crippen LogP) is 2.92. The molecule has 2 heterocycles. The van der Waals surface area contributed by atoms with Gasteiger partial charge in [0.2, 0.25) is 11.8 Å². The van der Waals surface area contributed by atoms with Crippen LogP contribution in [0.3, 0.4) is 0 Å². The molecule has 2 aliphatic rings. The van der Waals surface area contributed by atoms with Crippen molar-refractivity contribution in [3.63, 3.8) is 0 Å². The number of nitrogens with zero attached hydrogens (tertiary/aromatic N) is 4. The van der Waals surface area contributed by atoms with Gasteiger partial charge in [-0.25, -0.2) is 9.97 Å². The van der Waals surface area contributed by atoms with E-state index >= 15 is 0 Å². The van der Waals surface area contributed by atoms with E-state index in [9.17, 15) is 0 Å². The van der Waals surface area contributed by atoms with Crippen molar-refractivity contribution in [3.05, 3.63) is 24.2 Å². The van der Waals surface area contributed by atoms with E-state index in [0.717, 1.165) is 50.2 Å². The molecular weight excluding hydrogens is 306 g/mol. The second-order valence-electron chi connectivity index (χ2n) is 6.82. The fourth-order valence-electron chi connectivity index (χ4n) is 3.41. The molecule has 0 bridgehead atoms. The lowest BCUT2D eigenvalue weighted by atomic mass is 9.96. The molecule has 2 fully saturated rings. The third-order valence-corrected chi connectivity index (χ3v) is 4.91. The standard InChI is InChI=1S/C17H23N5O2/c1-11-21-22-15(23-11)10-12-5-6-13(9-12)20-16-17(19-8-7-18-16)24-14-3-2-4-14/h7-8,12-14H,2-6,9-10H2,1H3,(H,18,20)/t12-,13+/m1/s1. The Morgan fingerprint density at radius 2 is 2.04 bits per heavy atom. The van der Waals surface area contributed by atoms with Gasteiger partial charge in [0.1, 0.15) is 6.10 Å². The predicted molar refractivity (Wildman–Crippen MR) is 87.8 cm³/mol.